The van der Waals surface area contributed by atoms with E-state index in [0.29, 0.717) is 0 Å². The van der Waals surface area contributed by atoms with E-state index in [-0.39, 0.29) is 23.6 Å². The van der Waals surface area contributed by atoms with Crippen molar-refractivity contribution in [3.05, 3.63) is 0 Å². The monoisotopic (exact) mass is 201 g/mol. The molecular formula is C11H23NO2. The zero-order valence-corrected chi connectivity index (χ0v) is 9.67. The zero-order chi connectivity index (χ0) is 11.0. The molecule has 3 heteroatoms. The molecule has 1 fully saturated rings. The van der Waals surface area contributed by atoms with Crippen molar-refractivity contribution in [2.24, 2.45) is 5.92 Å². The summed E-state index contributed by atoms with van der Waals surface area (Å²) in [6.45, 7) is 8.45. The second-order valence-corrected chi connectivity index (χ2v) is 5.81. The second-order valence-electron chi connectivity index (χ2n) is 5.81. The summed E-state index contributed by atoms with van der Waals surface area (Å²) in [5, 5.41) is 22.2. The summed E-state index contributed by atoms with van der Waals surface area (Å²) in [6, 6.07) is 0. The van der Waals surface area contributed by atoms with Crippen LogP contribution in [0.25, 0.3) is 0 Å². The molecule has 0 bridgehead atoms. The number of hydrogen-bond acceptors (Lipinski definition) is 3. The number of aliphatic hydroxyl groups excluding tert-OH is 2. The molecule has 1 atom stereocenters. The van der Waals surface area contributed by atoms with Gasteiger partial charge in [-0.1, -0.05) is 0 Å². The Labute approximate surface area is 86.5 Å². The number of aliphatic hydroxyl groups is 2. The molecule has 0 saturated carbocycles. The van der Waals surface area contributed by atoms with E-state index in [9.17, 15) is 5.11 Å². The normalized spacial score (nSPS) is 28.7. The summed E-state index contributed by atoms with van der Waals surface area (Å²) in [6.07, 6.45) is 1.26. The van der Waals surface area contributed by atoms with Crippen LogP contribution in [0, 0.1) is 5.92 Å². The van der Waals surface area contributed by atoms with E-state index in [1.807, 2.05) is 0 Å². The Morgan fingerprint density at radius 1 is 1.21 bits per heavy atom. The van der Waals surface area contributed by atoms with Gasteiger partial charge in [0.05, 0.1) is 12.7 Å². The molecule has 84 valence electrons. The van der Waals surface area contributed by atoms with Crippen molar-refractivity contribution >= 4 is 0 Å². The lowest BCUT2D eigenvalue weighted by Gasteiger charge is -2.47. The number of hydrogen-bond donors (Lipinski definition) is 3. The zero-order valence-electron chi connectivity index (χ0n) is 9.67. The maximum absolute atomic E-state index is 9.67. The third-order valence-electron chi connectivity index (χ3n) is 2.95. The molecule has 1 rings (SSSR count). The van der Waals surface area contributed by atoms with Gasteiger partial charge in [0.15, 0.2) is 0 Å². The van der Waals surface area contributed by atoms with Gasteiger partial charge in [-0.2, -0.15) is 0 Å². The first-order valence-corrected chi connectivity index (χ1v) is 5.34. The summed E-state index contributed by atoms with van der Waals surface area (Å²) in [5.74, 6) is 0.200. The first-order valence-electron chi connectivity index (χ1n) is 5.34. The molecule has 0 amide bonds. The smallest absolute Gasteiger partial charge is 0.0800 e. The average Bonchev–Trinajstić information content (AvgIpc) is 1.97. The van der Waals surface area contributed by atoms with Crippen LogP contribution in [-0.2, 0) is 0 Å². The van der Waals surface area contributed by atoms with Crippen molar-refractivity contribution in [2.75, 3.05) is 6.61 Å². The van der Waals surface area contributed by atoms with Crippen molar-refractivity contribution in [1.29, 1.82) is 0 Å². The van der Waals surface area contributed by atoms with Gasteiger partial charge in [0.1, 0.15) is 0 Å². The van der Waals surface area contributed by atoms with Gasteiger partial charge in [-0.15, -0.1) is 0 Å². The molecule has 0 aromatic rings. The maximum Gasteiger partial charge on any atom is 0.0800 e. The predicted molar refractivity (Wildman–Crippen MR) is 57.1 cm³/mol. The molecule has 0 aromatic heterocycles. The first kappa shape index (κ1) is 12.0. The first-order chi connectivity index (χ1) is 6.26. The lowest BCUT2D eigenvalue weighted by molar-refractivity contribution is -0.00411. The molecule has 14 heavy (non-hydrogen) atoms. The quantitative estimate of drug-likeness (QED) is 0.622. The Kier molecular flexibility index (Phi) is 3.24. The van der Waals surface area contributed by atoms with Crippen LogP contribution < -0.4 is 5.32 Å². The molecule has 1 aliphatic heterocycles. The summed E-state index contributed by atoms with van der Waals surface area (Å²) in [5.41, 5.74) is 0.0884. The second kappa shape index (κ2) is 3.80. The Morgan fingerprint density at radius 2 is 1.64 bits per heavy atom. The minimum atomic E-state index is -0.573. The van der Waals surface area contributed by atoms with Crippen LogP contribution >= 0.6 is 0 Å². The van der Waals surface area contributed by atoms with Gasteiger partial charge in [0.25, 0.3) is 0 Å². The lowest BCUT2D eigenvalue weighted by atomic mass is 9.74. The van der Waals surface area contributed by atoms with Gasteiger partial charge in [-0.05, 0) is 46.5 Å². The standard InChI is InChI=1S/C11H23NO2/c1-10(2)5-8(9(14)7-13)6-11(3,4)12-10/h8-9,12-14H,5-7H2,1-4H3. The Bertz CT molecular complexity index is 185. The van der Waals surface area contributed by atoms with Crippen LogP contribution in [0.2, 0.25) is 0 Å². The highest BCUT2D eigenvalue weighted by Gasteiger charge is 2.39. The minimum absolute atomic E-state index is 0.0442. The maximum atomic E-state index is 9.67. The predicted octanol–water partition coefficient (Wildman–Crippen LogP) is 0.896. The summed E-state index contributed by atoms with van der Waals surface area (Å²) >= 11 is 0. The van der Waals surface area contributed by atoms with Crippen LogP contribution in [0.5, 0.6) is 0 Å². The van der Waals surface area contributed by atoms with Crippen molar-refractivity contribution in [3.8, 4) is 0 Å². The third-order valence-corrected chi connectivity index (χ3v) is 2.95. The van der Waals surface area contributed by atoms with E-state index >= 15 is 0 Å². The van der Waals surface area contributed by atoms with Crippen molar-refractivity contribution in [1.82, 2.24) is 5.32 Å². The Morgan fingerprint density at radius 3 is 2.00 bits per heavy atom. The number of nitrogens with one attached hydrogen (secondary N) is 1. The van der Waals surface area contributed by atoms with Crippen molar-refractivity contribution in [3.63, 3.8) is 0 Å². The molecule has 1 saturated heterocycles. The highest BCUT2D eigenvalue weighted by atomic mass is 16.3. The van der Waals surface area contributed by atoms with Crippen LogP contribution in [0.1, 0.15) is 40.5 Å². The number of rotatable bonds is 2. The van der Waals surface area contributed by atoms with Gasteiger partial charge >= 0.3 is 0 Å². The van der Waals surface area contributed by atoms with Crippen molar-refractivity contribution < 1.29 is 10.2 Å². The Balaban J connectivity index is 2.71. The molecule has 3 nitrogen and oxygen atoms in total. The summed E-state index contributed by atoms with van der Waals surface area (Å²) < 4.78 is 0. The van der Waals surface area contributed by atoms with Crippen LogP contribution in [0.4, 0.5) is 0 Å². The molecule has 0 radical (unpaired) electrons. The van der Waals surface area contributed by atoms with E-state index in [4.69, 9.17) is 5.11 Å². The van der Waals surface area contributed by atoms with Gasteiger partial charge in [0, 0.05) is 11.1 Å². The van der Waals surface area contributed by atoms with Gasteiger partial charge in [-0.25, -0.2) is 0 Å². The minimum Gasteiger partial charge on any atom is -0.394 e. The van der Waals surface area contributed by atoms with E-state index in [1.54, 1.807) is 0 Å². The topological polar surface area (TPSA) is 52.5 Å². The molecule has 0 spiro atoms. The highest BCUT2D eigenvalue weighted by Crippen LogP contribution is 2.34. The van der Waals surface area contributed by atoms with Crippen molar-refractivity contribution in [2.45, 2.75) is 57.7 Å². The van der Waals surface area contributed by atoms with Gasteiger partial charge in [0.2, 0.25) is 0 Å². The molecule has 1 heterocycles. The fraction of sp³-hybridized carbons (Fsp3) is 1.00. The van der Waals surface area contributed by atoms with Gasteiger partial charge < -0.3 is 15.5 Å². The Hall–Kier alpha value is -0.120. The SMILES string of the molecule is CC1(C)CC(C(O)CO)CC(C)(C)N1. The number of piperidine rings is 1. The largest absolute Gasteiger partial charge is 0.394 e. The summed E-state index contributed by atoms with van der Waals surface area (Å²) in [7, 11) is 0. The molecule has 3 N–H and O–H groups in total. The molecule has 0 aromatic carbocycles. The van der Waals surface area contributed by atoms with E-state index < -0.39 is 6.10 Å². The fourth-order valence-electron chi connectivity index (χ4n) is 2.82. The van der Waals surface area contributed by atoms with Crippen LogP contribution in [0.15, 0.2) is 0 Å². The van der Waals surface area contributed by atoms with Crippen LogP contribution in [0.3, 0.4) is 0 Å². The molecule has 0 aliphatic carbocycles. The van der Waals surface area contributed by atoms with Crippen LogP contribution in [-0.4, -0.2) is 34.0 Å². The molecule has 1 unspecified atom stereocenters. The highest BCUT2D eigenvalue weighted by molar-refractivity contribution is 4.98. The third kappa shape index (κ3) is 2.94. The molecular weight excluding hydrogens is 178 g/mol. The fourth-order valence-corrected chi connectivity index (χ4v) is 2.82. The summed E-state index contributed by atoms with van der Waals surface area (Å²) in [4.78, 5) is 0. The van der Waals surface area contributed by atoms with E-state index in [1.165, 1.54) is 0 Å². The van der Waals surface area contributed by atoms with E-state index in [2.05, 4.69) is 33.0 Å². The average molecular weight is 201 g/mol. The molecule has 1 aliphatic rings. The lowest BCUT2D eigenvalue weighted by Crippen LogP contribution is -2.59. The van der Waals surface area contributed by atoms with E-state index in [0.717, 1.165) is 12.8 Å². The van der Waals surface area contributed by atoms with Gasteiger partial charge in [-0.3, -0.25) is 0 Å².